The van der Waals surface area contributed by atoms with E-state index >= 15 is 0 Å². The number of rotatable bonds is 4. The van der Waals surface area contributed by atoms with E-state index in [1.165, 1.54) is 0 Å². The largest absolute Gasteiger partial charge is 0.497 e. The van der Waals surface area contributed by atoms with E-state index < -0.39 is 0 Å². The Morgan fingerprint density at radius 3 is 2.53 bits per heavy atom. The number of hydrogen-bond donors (Lipinski definition) is 2. The lowest BCUT2D eigenvalue weighted by Crippen LogP contribution is -2.08. The quantitative estimate of drug-likeness (QED) is 0.824. The summed E-state index contributed by atoms with van der Waals surface area (Å²) < 4.78 is 10.7. The van der Waals surface area contributed by atoms with E-state index in [4.69, 9.17) is 14.9 Å². The van der Waals surface area contributed by atoms with Gasteiger partial charge in [-0.05, 0) is 39.0 Å². The molecule has 1 heterocycles. The molecule has 0 spiro atoms. The van der Waals surface area contributed by atoms with Crippen LogP contribution in [-0.4, -0.2) is 7.11 Å². The van der Waals surface area contributed by atoms with Crippen molar-refractivity contribution >= 4 is 11.4 Å². The van der Waals surface area contributed by atoms with Gasteiger partial charge in [0.05, 0.1) is 24.5 Å². The highest BCUT2D eigenvalue weighted by Crippen LogP contribution is 2.29. The number of methoxy groups -OCH3 is 1. The number of ether oxygens (including phenoxy) is 1. The fourth-order valence-electron chi connectivity index (χ4n) is 2.19. The lowest BCUT2D eigenvalue weighted by atomic mass is 10.1. The summed E-state index contributed by atoms with van der Waals surface area (Å²) in [4.78, 5) is 0. The first-order valence-corrected chi connectivity index (χ1v) is 6.28. The Morgan fingerprint density at radius 1 is 1.26 bits per heavy atom. The Hall–Kier alpha value is -2.10. The predicted molar refractivity (Wildman–Crippen MR) is 77.6 cm³/mol. The molecule has 2 rings (SSSR count). The van der Waals surface area contributed by atoms with Crippen LogP contribution in [0.2, 0.25) is 0 Å². The van der Waals surface area contributed by atoms with Crippen LogP contribution >= 0.6 is 0 Å². The van der Waals surface area contributed by atoms with Gasteiger partial charge in [-0.25, -0.2) is 0 Å². The molecule has 0 radical (unpaired) electrons. The number of furan rings is 1. The van der Waals surface area contributed by atoms with Crippen molar-refractivity contribution in [1.29, 1.82) is 0 Å². The zero-order valence-corrected chi connectivity index (χ0v) is 11.8. The van der Waals surface area contributed by atoms with Gasteiger partial charge in [0.2, 0.25) is 0 Å². The van der Waals surface area contributed by atoms with E-state index in [1.807, 2.05) is 38.1 Å². The summed E-state index contributed by atoms with van der Waals surface area (Å²) in [6.45, 7) is 6.00. The molecule has 0 fully saturated rings. The van der Waals surface area contributed by atoms with Crippen LogP contribution in [-0.2, 0) is 0 Å². The molecule has 4 heteroatoms. The number of nitrogen functional groups attached to an aromatic ring is 1. The third-order valence-corrected chi connectivity index (χ3v) is 3.18. The van der Waals surface area contributed by atoms with Crippen molar-refractivity contribution in [3.63, 3.8) is 0 Å². The number of aryl methyl sites for hydroxylation is 2. The van der Waals surface area contributed by atoms with Gasteiger partial charge >= 0.3 is 0 Å². The molecule has 1 atom stereocenters. The second-order valence-corrected chi connectivity index (χ2v) is 4.69. The SMILES string of the molecule is COc1ccc(NC(C)c2cc(C)oc2C)c(N)c1. The zero-order valence-electron chi connectivity index (χ0n) is 11.8. The summed E-state index contributed by atoms with van der Waals surface area (Å²) in [7, 11) is 1.63. The van der Waals surface area contributed by atoms with Crippen LogP contribution in [0, 0.1) is 13.8 Å². The summed E-state index contributed by atoms with van der Waals surface area (Å²) in [5.41, 5.74) is 8.71. The van der Waals surface area contributed by atoms with Crippen molar-refractivity contribution in [2.24, 2.45) is 0 Å². The van der Waals surface area contributed by atoms with Gasteiger partial charge in [0.15, 0.2) is 0 Å². The van der Waals surface area contributed by atoms with Crippen LogP contribution in [0.4, 0.5) is 11.4 Å². The van der Waals surface area contributed by atoms with Gasteiger partial charge in [-0.3, -0.25) is 0 Å². The number of hydrogen-bond acceptors (Lipinski definition) is 4. The van der Waals surface area contributed by atoms with E-state index in [2.05, 4.69) is 12.2 Å². The van der Waals surface area contributed by atoms with E-state index in [1.54, 1.807) is 7.11 Å². The fraction of sp³-hybridized carbons (Fsp3) is 0.333. The minimum atomic E-state index is 0.133. The molecule has 2 aromatic rings. The molecular formula is C15H20N2O2. The Kier molecular flexibility index (Phi) is 3.69. The smallest absolute Gasteiger partial charge is 0.121 e. The third-order valence-electron chi connectivity index (χ3n) is 3.18. The number of nitrogens with two attached hydrogens (primary N) is 1. The molecule has 0 saturated carbocycles. The summed E-state index contributed by atoms with van der Waals surface area (Å²) in [5.74, 6) is 2.61. The fourth-order valence-corrected chi connectivity index (χ4v) is 2.19. The maximum atomic E-state index is 6.00. The van der Waals surface area contributed by atoms with Crippen molar-refractivity contribution in [1.82, 2.24) is 0 Å². The molecule has 3 N–H and O–H groups in total. The zero-order chi connectivity index (χ0) is 14.0. The molecule has 19 heavy (non-hydrogen) atoms. The molecular weight excluding hydrogens is 240 g/mol. The Balaban J connectivity index is 2.19. The summed E-state index contributed by atoms with van der Waals surface area (Å²) in [5, 5.41) is 3.39. The van der Waals surface area contributed by atoms with E-state index in [9.17, 15) is 0 Å². The minimum Gasteiger partial charge on any atom is -0.497 e. The average molecular weight is 260 g/mol. The molecule has 1 unspecified atom stereocenters. The van der Waals surface area contributed by atoms with Gasteiger partial charge in [-0.2, -0.15) is 0 Å². The van der Waals surface area contributed by atoms with Crippen molar-refractivity contribution in [2.45, 2.75) is 26.8 Å². The monoisotopic (exact) mass is 260 g/mol. The lowest BCUT2D eigenvalue weighted by Gasteiger charge is -2.16. The lowest BCUT2D eigenvalue weighted by molar-refractivity contribution is 0.415. The van der Waals surface area contributed by atoms with E-state index in [-0.39, 0.29) is 6.04 Å². The highest BCUT2D eigenvalue weighted by Gasteiger charge is 2.13. The number of benzene rings is 1. The molecule has 4 nitrogen and oxygen atoms in total. The molecule has 0 aliphatic heterocycles. The van der Waals surface area contributed by atoms with Crippen LogP contribution in [0.3, 0.4) is 0 Å². The molecule has 1 aromatic heterocycles. The minimum absolute atomic E-state index is 0.133. The van der Waals surface area contributed by atoms with Gasteiger partial charge in [-0.1, -0.05) is 0 Å². The highest BCUT2D eigenvalue weighted by atomic mass is 16.5. The first-order chi connectivity index (χ1) is 9.01. The van der Waals surface area contributed by atoms with Crippen molar-refractivity contribution in [3.8, 4) is 5.75 Å². The molecule has 1 aromatic carbocycles. The third kappa shape index (κ3) is 2.84. The van der Waals surface area contributed by atoms with Crippen LogP contribution in [0.15, 0.2) is 28.7 Å². The first kappa shape index (κ1) is 13.3. The average Bonchev–Trinajstić information content (AvgIpc) is 2.71. The van der Waals surface area contributed by atoms with Gasteiger partial charge < -0.3 is 20.2 Å². The van der Waals surface area contributed by atoms with Gasteiger partial charge in [0.25, 0.3) is 0 Å². The summed E-state index contributed by atoms with van der Waals surface area (Å²) >= 11 is 0. The molecule has 0 amide bonds. The Morgan fingerprint density at radius 2 is 2.00 bits per heavy atom. The first-order valence-electron chi connectivity index (χ1n) is 6.28. The topological polar surface area (TPSA) is 60.4 Å². The Bertz CT molecular complexity index is 576. The standard InChI is InChI=1S/C15H20N2O2/c1-9-7-13(11(3)19-9)10(2)17-15-6-5-12(18-4)8-14(15)16/h5-8,10,17H,16H2,1-4H3. The van der Waals surface area contributed by atoms with Gasteiger partial charge in [-0.15, -0.1) is 0 Å². The van der Waals surface area contributed by atoms with Crippen molar-refractivity contribution < 1.29 is 9.15 Å². The highest BCUT2D eigenvalue weighted by molar-refractivity contribution is 5.68. The van der Waals surface area contributed by atoms with Gasteiger partial charge in [0.1, 0.15) is 17.3 Å². The molecule has 0 saturated heterocycles. The van der Waals surface area contributed by atoms with Crippen LogP contribution in [0.5, 0.6) is 5.75 Å². The normalized spacial score (nSPS) is 12.2. The molecule has 0 bridgehead atoms. The van der Waals surface area contributed by atoms with Crippen molar-refractivity contribution in [2.75, 3.05) is 18.2 Å². The van der Waals surface area contributed by atoms with E-state index in [0.29, 0.717) is 5.69 Å². The summed E-state index contributed by atoms with van der Waals surface area (Å²) in [6, 6.07) is 7.80. The molecule has 0 aliphatic carbocycles. The maximum Gasteiger partial charge on any atom is 0.121 e. The predicted octanol–water partition coefficient (Wildman–Crippen LogP) is 3.66. The Labute approximate surface area is 113 Å². The summed E-state index contributed by atoms with van der Waals surface area (Å²) in [6.07, 6.45) is 0. The molecule has 0 aliphatic rings. The number of nitrogens with one attached hydrogen (secondary N) is 1. The number of anilines is 2. The van der Waals surface area contributed by atoms with Crippen LogP contribution < -0.4 is 15.8 Å². The van der Waals surface area contributed by atoms with Gasteiger partial charge in [0, 0.05) is 11.6 Å². The molecule has 102 valence electrons. The second kappa shape index (κ2) is 5.26. The van der Waals surface area contributed by atoms with Crippen molar-refractivity contribution in [3.05, 3.63) is 41.3 Å². The van der Waals surface area contributed by atoms with Crippen LogP contribution in [0.25, 0.3) is 0 Å². The van der Waals surface area contributed by atoms with Crippen LogP contribution in [0.1, 0.15) is 30.0 Å². The second-order valence-electron chi connectivity index (χ2n) is 4.69. The maximum absolute atomic E-state index is 6.00. The van der Waals surface area contributed by atoms with E-state index in [0.717, 1.165) is 28.5 Å².